The van der Waals surface area contributed by atoms with Gasteiger partial charge in [0.05, 0.1) is 6.61 Å². The van der Waals surface area contributed by atoms with Crippen molar-refractivity contribution < 1.29 is 9.53 Å². The van der Waals surface area contributed by atoms with Crippen molar-refractivity contribution in [3.63, 3.8) is 0 Å². The third-order valence-corrected chi connectivity index (χ3v) is 4.02. The molecule has 2 heterocycles. The molecule has 0 radical (unpaired) electrons. The van der Waals surface area contributed by atoms with Gasteiger partial charge in [0, 0.05) is 36.5 Å². The predicted octanol–water partition coefficient (Wildman–Crippen LogP) is 1.76. The molecule has 0 bridgehead atoms. The van der Waals surface area contributed by atoms with Gasteiger partial charge in [0.15, 0.2) is 0 Å². The molecule has 6 heteroatoms. The van der Waals surface area contributed by atoms with Gasteiger partial charge in [-0.1, -0.05) is 0 Å². The predicted molar refractivity (Wildman–Crippen MR) is 83.4 cm³/mol. The molecule has 0 fully saturated rings. The van der Waals surface area contributed by atoms with Crippen molar-refractivity contribution in [3.8, 4) is 5.75 Å². The summed E-state index contributed by atoms with van der Waals surface area (Å²) >= 11 is 0. The number of imidazole rings is 1. The minimum Gasteiger partial charge on any atom is -0.493 e. The van der Waals surface area contributed by atoms with Gasteiger partial charge >= 0.3 is 5.69 Å². The number of aryl methyl sites for hydroxylation is 1. The molecule has 3 rings (SSSR count). The van der Waals surface area contributed by atoms with Crippen LogP contribution >= 0.6 is 0 Å². The number of ether oxygens (including phenoxy) is 1. The van der Waals surface area contributed by atoms with Crippen LogP contribution in [0.5, 0.6) is 5.75 Å². The number of H-pyrrole nitrogens is 1. The molecule has 0 saturated heterocycles. The van der Waals surface area contributed by atoms with Gasteiger partial charge in [-0.25, -0.2) is 4.79 Å². The van der Waals surface area contributed by atoms with E-state index in [1.54, 1.807) is 4.57 Å². The van der Waals surface area contributed by atoms with Crippen molar-refractivity contribution >= 4 is 11.6 Å². The van der Waals surface area contributed by atoms with Crippen LogP contribution in [0.3, 0.4) is 0 Å². The van der Waals surface area contributed by atoms with Gasteiger partial charge in [-0.15, -0.1) is 0 Å². The molecule has 1 aliphatic heterocycles. The summed E-state index contributed by atoms with van der Waals surface area (Å²) in [6, 6.07) is 5.65. The van der Waals surface area contributed by atoms with Gasteiger partial charge in [0.2, 0.25) is 5.91 Å². The number of anilines is 1. The number of carbonyl (C=O) groups excluding carboxylic acids is 1. The van der Waals surface area contributed by atoms with Crippen molar-refractivity contribution in [1.29, 1.82) is 0 Å². The third-order valence-electron chi connectivity index (χ3n) is 4.02. The van der Waals surface area contributed by atoms with Crippen LogP contribution < -0.4 is 15.7 Å². The summed E-state index contributed by atoms with van der Waals surface area (Å²) in [5.41, 5.74) is 3.42. The molecule has 0 spiro atoms. The fourth-order valence-electron chi connectivity index (χ4n) is 2.64. The smallest absolute Gasteiger partial charge is 0.325 e. The fourth-order valence-corrected chi connectivity index (χ4v) is 2.64. The first-order valence-electron chi connectivity index (χ1n) is 7.36. The zero-order valence-corrected chi connectivity index (χ0v) is 12.7. The van der Waals surface area contributed by atoms with Gasteiger partial charge in [-0.05, 0) is 37.6 Å². The number of benzene rings is 1. The van der Waals surface area contributed by atoms with E-state index in [0.717, 1.165) is 34.8 Å². The van der Waals surface area contributed by atoms with E-state index >= 15 is 0 Å². The highest BCUT2D eigenvalue weighted by Crippen LogP contribution is 2.27. The molecule has 0 atom stereocenters. The maximum absolute atomic E-state index is 12.0. The monoisotopic (exact) mass is 301 g/mol. The number of hydrogen-bond acceptors (Lipinski definition) is 3. The Morgan fingerprint density at radius 2 is 2.23 bits per heavy atom. The topological polar surface area (TPSA) is 76.1 Å². The van der Waals surface area contributed by atoms with Crippen LogP contribution in [0.2, 0.25) is 0 Å². The maximum atomic E-state index is 12.0. The Balaban J connectivity index is 1.62. The molecule has 1 aromatic heterocycles. The largest absolute Gasteiger partial charge is 0.493 e. The van der Waals surface area contributed by atoms with Crippen molar-refractivity contribution in [3.05, 3.63) is 45.6 Å². The standard InChI is InChI=1S/C16H19N3O3/c1-10-11(2)19(16(21)17-10)7-5-15(20)18-13-3-4-14-12(9-13)6-8-22-14/h3-4,9H,5-8H2,1-2H3,(H,17,21)(H,18,20). The number of fused-ring (bicyclic) bond motifs is 1. The lowest BCUT2D eigenvalue weighted by Crippen LogP contribution is -2.22. The number of hydrogen-bond donors (Lipinski definition) is 2. The highest BCUT2D eigenvalue weighted by molar-refractivity contribution is 5.90. The average molecular weight is 301 g/mol. The van der Waals surface area contributed by atoms with E-state index in [2.05, 4.69) is 10.3 Å². The molecule has 0 saturated carbocycles. The summed E-state index contributed by atoms with van der Waals surface area (Å²) in [6.07, 6.45) is 1.13. The number of nitrogens with zero attached hydrogens (tertiary/aromatic N) is 1. The Morgan fingerprint density at radius 3 is 2.95 bits per heavy atom. The highest BCUT2D eigenvalue weighted by atomic mass is 16.5. The Hall–Kier alpha value is -2.50. The summed E-state index contributed by atoms with van der Waals surface area (Å²) in [5.74, 6) is 0.784. The van der Waals surface area contributed by atoms with Gasteiger partial charge in [0.25, 0.3) is 0 Å². The summed E-state index contributed by atoms with van der Waals surface area (Å²) in [4.78, 5) is 26.5. The minimum atomic E-state index is -0.169. The number of nitrogens with one attached hydrogen (secondary N) is 2. The molecular weight excluding hydrogens is 282 g/mol. The minimum absolute atomic E-state index is 0.107. The first-order chi connectivity index (χ1) is 10.5. The second-order valence-corrected chi connectivity index (χ2v) is 5.51. The Labute approximate surface area is 128 Å². The zero-order chi connectivity index (χ0) is 15.7. The van der Waals surface area contributed by atoms with E-state index in [1.165, 1.54) is 0 Å². The number of rotatable bonds is 4. The van der Waals surface area contributed by atoms with Crippen LogP contribution in [-0.4, -0.2) is 22.1 Å². The van der Waals surface area contributed by atoms with Crippen LogP contribution in [0.4, 0.5) is 5.69 Å². The van der Waals surface area contributed by atoms with Gasteiger partial charge in [-0.3, -0.25) is 9.36 Å². The summed E-state index contributed by atoms with van der Waals surface area (Å²) < 4.78 is 7.03. The van der Waals surface area contributed by atoms with E-state index in [4.69, 9.17) is 4.74 Å². The average Bonchev–Trinajstić information content (AvgIpc) is 3.02. The lowest BCUT2D eigenvalue weighted by Gasteiger charge is -2.08. The number of amides is 1. The molecule has 0 aliphatic carbocycles. The SMILES string of the molecule is Cc1[nH]c(=O)n(CCC(=O)Nc2ccc3c(c2)CCO3)c1C. The summed E-state index contributed by atoms with van der Waals surface area (Å²) in [5, 5.41) is 2.87. The second kappa shape index (κ2) is 5.71. The molecule has 116 valence electrons. The lowest BCUT2D eigenvalue weighted by atomic mass is 10.1. The van der Waals surface area contributed by atoms with Crippen molar-refractivity contribution in [2.75, 3.05) is 11.9 Å². The van der Waals surface area contributed by atoms with Gasteiger partial charge < -0.3 is 15.0 Å². The third kappa shape index (κ3) is 2.77. The molecule has 1 amide bonds. The molecule has 1 aliphatic rings. The van der Waals surface area contributed by atoms with Crippen molar-refractivity contribution in [1.82, 2.24) is 9.55 Å². The second-order valence-electron chi connectivity index (χ2n) is 5.51. The van der Waals surface area contributed by atoms with Crippen molar-refractivity contribution in [2.24, 2.45) is 0 Å². The molecule has 22 heavy (non-hydrogen) atoms. The molecule has 1 aromatic carbocycles. The molecule has 0 unspecified atom stereocenters. The maximum Gasteiger partial charge on any atom is 0.325 e. The van der Waals surface area contributed by atoms with E-state index < -0.39 is 0 Å². The Bertz CT molecular complexity index is 773. The summed E-state index contributed by atoms with van der Waals surface area (Å²) in [6.45, 7) is 4.78. The van der Waals surface area contributed by atoms with Crippen molar-refractivity contribution in [2.45, 2.75) is 33.2 Å². The number of carbonyl (C=O) groups is 1. The first kappa shape index (κ1) is 14.4. The number of aromatic nitrogens is 2. The highest BCUT2D eigenvalue weighted by Gasteiger charge is 2.13. The van der Waals surface area contributed by atoms with Crippen LogP contribution in [0.1, 0.15) is 23.4 Å². The lowest BCUT2D eigenvalue weighted by molar-refractivity contribution is -0.116. The van der Waals surface area contributed by atoms with Gasteiger partial charge in [-0.2, -0.15) is 0 Å². The van der Waals surface area contributed by atoms with E-state index in [9.17, 15) is 9.59 Å². The quantitative estimate of drug-likeness (QED) is 0.903. The van der Waals surface area contributed by atoms with Crippen LogP contribution in [-0.2, 0) is 17.8 Å². The van der Waals surface area contributed by atoms with E-state index in [-0.39, 0.29) is 18.0 Å². The zero-order valence-electron chi connectivity index (χ0n) is 12.7. The molecule has 2 aromatic rings. The normalized spacial score (nSPS) is 12.8. The molecular formula is C16H19N3O3. The Morgan fingerprint density at radius 1 is 1.41 bits per heavy atom. The fraction of sp³-hybridized carbons (Fsp3) is 0.375. The Kier molecular flexibility index (Phi) is 3.75. The molecule has 6 nitrogen and oxygen atoms in total. The van der Waals surface area contributed by atoms with Crippen LogP contribution in [0, 0.1) is 13.8 Å². The molecule has 2 N–H and O–H groups in total. The summed E-state index contributed by atoms with van der Waals surface area (Å²) in [7, 11) is 0. The van der Waals surface area contributed by atoms with Crippen LogP contribution in [0.25, 0.3) is 0 Å². The van der Waals surface area contributed by atoms with Gasteiger partial charge in [0.1, 0.15) is 5.75 Å². The van der Waals surface area contributed by atoms with E-state index in [0.29, 0.717) is 13.2 Å². The van der Waals surface area contributed by atoms with E-state index in [1.807, 2.05) is 32.0 Å². The number of aromatic amines is 1. The van der Waals surface area contributed by atoms with Crippen LogP contribution in [0.15, 0.2) is 23.0 Å². The first-order valence-corrected chi connectivity index (χ1v) is 7.36.